The molecule has 1 spiro atoms. The molecule has 3 rings (SSSR count). The first-order valence-corrected chi connectivity index (χ1v) is 8.15. The number of nitrogens with zero attached hydrogens (tertiary/aromatic N) is 2. The van der Waals surface area contributed by atoms with Crippen molar-refractivity contribution in [2.75, 3.05) is 25.1 Å². The predicted molar refractivity (Wildman–Crippen MR) is 80.1 cm³/mol. The molecular formula is C14H17N3O4S. The molecule has 0 saturated carbocycles. The number of carbonyl (C=O) groups excluding carboxylic acids is 3. The molecule has 0 bridgehead atoms. The minimum Gasteiger partial charge on any atom is -0.467 e. The van der Waals surface area contributed by atoms with Crippen molar-refractivity contribution < 1.29 is 18.8 Å². The summed E-state index contributed by atoms with van der Waals surface area (Å²) in [5, 5.41) is 2.75. The Labute approximate surface area is 132 Å². The van der Waals surface area contributed by atoms with Crippen molar-refractivity contribution in [1.29, 1.82) is 0 Å². The summed E-state index contributed by atoms with van der Waals surface area (Å²) < 4.78 is 5.19. The Morgan fingerprint density at radius 3 is 3.00 bits per heavy atom. The molecule has 1 aromatic heterocycles. The van der Waals surface area contributed by atoms with E-state index < -0.39 is 11.6 Å². The standard InChI is InChI=1S/C14H17N3O4S/c1-16(7-10-3-2-5-21-10)11(18)8-17-12(19)14(15-13(17)20)4-6-22-9-14/h2-3,5H,4,6-9H2,1H3,(H,15,20). The molecule has 2 saturated heterocycles. The van der Waals surface area contributed by atoms with E-state index in [1.165, 1.54) is 11.2 Å². The van der Waals surface area contributed by atoms with Gasteiger partial charge in [-0.25, -0.2) is 4.79 Å². The molecule has 1 atom stereocenters. The SMILES string of the molecule is CN(Cc1ccco1)C(=O)CN1C(=O)NC2(CCSC2)C1=O. The Hall–Kier alpha value is -1.96. The summed E-state index contributed by atoms with van der Waals surface area (Å²) in [5.41, 5.74) is -0.804. The van der Waals surface area contributed by atoms with Gasteiger partial charge in [-0.05, 0) is 24.3 Å². The smallest absolute Gasteiger partial charge is 0.325 e. The Morgan fingerprint density at radius 1 is 1.55 bits per heavy atom. The minimum absolute atomic E-state index is 0.242. The maximum atomic E-state index is 12.5. The molecule has 1 N–H and O–H groups in total. The molecule has 7 nitrogen and oxygen atoms in total. The number of likely N-dealkylation sites (N-methyl/N-ethyl adjacent to an activating group) is 1. The van der Waals surface area contributed by atoms with Crippen LogP contribution in [0.3, 0.4) is 0 Å². The number of nitrogens with one attached hydrogen (secondary N) is 1. The fourth-order valence-corrected chi connectivity index (χ4v) is 3.96. The minimum atomic E-state index is -0.804. The second-order valence-corrected chi connectivity index (χ2v) is 6.64. The Balaban J connectivity index is 1.63. The van der Waals surface area contributed by atoms with Gasteiger partial charge in [0.2, 0.25) is 5.91 Å². The van der Waals surface area contributed by atoms with Gasteiger partial charge in [0, 0.05) is 12.8 Å². The molecular weight excluding hydrogens is 306 g/mol. The molecule has 3 heterocycles. The van der Waals surface area contributed by atoms with Crippen molar-refractivity contribution in [3.8, 4) is 0 Å². The van der Waals surface area contributed by atoms with Crippen LogP contribution in [0.25, 0.3) is 0 Å². The molecule has 2 fully saturated rings. The normalized spacial score (nSPS) is 24.1. The van der Waals surface area contributed by atoms with E-state index in [1.807, 2.05) is 0 Å². The van der Waals surface area contributed by atoms with Crippen molar-refractivity contribution in [1.82, 2.24) is 15.1 Å². The van der Waals surface area contributed by atoms with Gasteiger partial charge in [-0.3, -0.25) is 14.5 Å². The first kappa shape index (κ1) is 15.0. The third-order valence-corrected chi connectivity index (χ3v) is 5.15. The van der Waals surface area contributed by atoms with Gasteiger partial charge in [-0.1, -0.05) is 0 Å². The summed E-state index contributed by atoms with van der Waals surface area (Å²) in [5.74, 6) is 1.47. The molecule has 118 valence electrons. The monoisotopic (exact) mass is 323 g/mol. The van der Waals surface area contributed by atoms with Crippen LogP contribution in [0.4, 0.5) is 4.79 Å². The fourth-order valence-electron chi connectivity index (χ4n) is 2.63. The summed E-state index contributed by atoms with van der Waals surface area (Å²) in [6.45, 7) is 0.0603. The summed E-state index contributed by atoms with van der Waals surface area (Å²) in [7, 11) is 1.62. The van der Waals surface area contributed by atoms with Crippen molar-refractivity contribution in [3.63, 3.8) is 0 Å². The lowest BCUT2D eigenvalue weighted by Crippen LogP contribution is -2.47. The first-order chi connectivity index (χ1) is 10.5. The quantitative estimate of drug-likeness (QED) is 0.823. The molecule has 1 aromatic rings. The van der Waals surface area contributed by atoms with Gasteiger partial charge in [0.1, 0.15) is 17.8 Å². The lowest BCUT2D eigenvalue weighted by Gasteiger charge is -2.21. The highest BCUT2D eigenvalue weighted by Crippen LogP contribution is 2.33. The molecule has 2 aliphatic heterocycles. The summed E-state index contributed by atoms with van der Waals surface area (Å²) in [6, 6.07) is 3.03. The van der Waals surface area contributed by atoms with Crippen molar-refractivity contribution in [2.24, 2.45) is 0 Å². The van der Waals surface area contributed by atoms with Gasteiger partial charge < -0.3 is 14.6 Å². The number of furan rings is 1. The van der Waals surface area contributed by atoms with Gasteiger partial charge in [-0.15, -0.1) is 0 Å². The molecule has 4 amide bonds. The number of urea groups is 1. The number of thioether (sulfide) groups is 1. The van der Waals surface area contributed by atoms with Crippen LogP contribution >= 0.6 is 11.8 Å². The van der Waals surface area contributed by atoms with Gasteiger partial charge >= 0.3 is 6.03 Å². The Kier molecular flexibility index (Phi) is 3.86. The van der Waals surface area contributed by atoms with E-state index in [2.05, 4.69) is 5.32 Å². The third-order valence-electron chi connectivity index (χ3n) is 3.96. The largest absolute Gasteiger partial charge is 0.467 e. The Morgan fingerprint density at radius 2 is 2.36 bits per heavy atom. The van der Waals surface area contributed by atoms with Crippen LogP contribution in [0.5, 0.6) is 0 Å². The zero-order valence-corrected chi connectivity index (χ0v) is 13.0. The van der Waals surface area contributed by atoms with Crippen LogP contribution < -0.4 is 5.32 Å². The maximum absolute atomic E-state index is 12.5. The second-order valence-electron chi connectivity index (χ2n) is 5.54. The summed E-state index contributed by atoms with van der Waals surface area (Å²) in [6.07, 6.45) is 2.15. The highest BCUT2D eigenvalue weighted by molar-refractivity contribution is 7.99. The van der Waals surface area contributed by atoms with E-state index >= 15 is 0 Å². The number of hydrogen-bond acceptors (Lipinski definition) is 5. The van der Waals surface area contributed by atoms with Crippen molar-refractivity contribution >= 4 is 29.6 Å². The highest BCUT2D eigenvalue weighted by Gasteiger charge is 2.53. The zero-order chi connectivity index (χ0) is 15.7. The highest BCUT2D eigenvalue weighted by atomic mass is 32.2. The Bertz CT molecular complexity index is 595. The van der Waals surface area contributed by atoms with Crippen LogP contribution in [0.15, 0.2) is 22.8 Å². The van der Waals surface area contributed by atoms with Gasteiger partial charge in [0.25, 0.3) is 5.91 Å². The van der Waals surface area contributed by atoms with Gasteiger partial charge in [0.15, 0.2) is 0 Å². The summed E-state index contributed by atoms with van der Waals surface area (Å²) >= 11 is 1.64. The average molecular weight is 323 g/mol. The number of amides is 4. The van der Waals surface area contributed by atoms with E-state index in [9.17, 15) is 14.4 Å². The van der Waals surface area contributed by atoms with Gasteiger partial charge in [0.05, 0.1) is 12.8 Å². The predicted octanol–water partition coefficient (Wildman–Crippen LogP) is 0.665. The number of rotatable bonds is 4. The van der Waals surface area contributed by atoms with Crippen LogP contribution in [0.2, 0.25) is 0 Å². The molecule has 1 unspecified atom stereocenters. The van der Waals surface area contributed by atoms with E-state index in [0.29, 0.717) is 24.5 Å². The molecule has 0 aromatic carbocycles. The maximum Gasteiger partial charge on any atom is 0.325 e. The molecule has 0 aliphatic carbocycles. The fraction of sp³-hybridized carbons (Fsp3) is 0.500. The van der Waals surface area contributed by atoms with Crippen LogP contribution in [0, 0.1) is 0 Å². The van der Waals surface area contributed by atoms with E-state index in [0.717, 1.165) is 10.7 Å². The topological polar surface area (TPSA) is 82.9 Å². The molecule has 8 heteroatoms. The van der Waals surface area contributed by atoms with Crippen LogP contribution in [-0.4, -0.2) is 58.3 Å². The van der Waals surface area contributed by atoms with Crippen molar-refractivity contribution in [2.45, 2.75) is 18.5 Å². The van der Waals surface area contributed by atoms with E-state index in [1.54, 1.807) is 30.9 Å². The molecule has 0 radical (unpaired) electrons. The van der Waals surface area contributed by atoms with Gasteiger partial charge in [-0.2, -0.15) is 11.8 Å². The third kappa shape index (κ3) is 2.58. The zero-order valence-electron chi connectivity index (χ0n) is 12.2. The van der Waals surface area contributed by atoms with Crippen LogP contribution in [0.1, 0.15) is 12.2 Å². The van der Waals surface area contributed by atoms with E-state index in [4.69, 9.17) is 4.42 Å². The lowest BCUT2D eigenvalue weighted by molar-refractivity contribution is -0.138. The molecule has 2 aliphatic rings. The number of hydrogen-bond donors (Lipinski definition) is 1. The second kappa shape index (κ2) is 5.68. The first-order valence-electron chi connectivity index (χ1n) is 7.00. The number of carbonyl (C=O) groups is 3. The van der Waals surface area contributed by atoms with E-state index in [-0.39, 0.29) is 18.4 Å². The lowest BCUT2D eigenvalue weighted by atomic mass is 9.99. The average Bonchev–Trinajstić information content (AvgIpc) is 3.19. The molecule has 22 heavy (non-hydrogen) atoms. The van der Waals surface area contributed by atoms with Crippen LogP contribution in [-0.2, 0) is 16.1 Å². The summed E-state index contributed by atoms with van der Waals surface area (Å²) in [4.78, 5) is 39.2. The van der Waals surface area contributed by atoms with Crippen molar-refractivity contribution in [3.05, 3.63) is 24.2 Å². The number of imide groups is 1.